The maximum Gasteiger partial charge on any atom is 0.310 e. The van der Waals surface area contributed by atoms with Crippen LogP contribution in [0.2, 0.25) is 0 Å². The Morgan fingerprint density at radius 1 is 0.500 bits per heavy atom. The second-order valence-electron chi connectivity index (χ2n) is 17.8. The summed E-state index contributed by atoms with van der Waals surface area (Å²) >= 11 is 0. The second-order valence-corrected chi connectivity index (χ2v) is 17.8. The number of hydrogen-bond acceptors (Lipinski definition) is 8. The zero-order valence-corrected chi connectivity index (χ0v) is 30.1. The van der Waals surface area contributed by atoms with Crippen molar-refractivity contribution in [2.45, 2.75) is 87.9 Å². The first-order valence-electron chi connectivity index (χ1n) is 19.6. The molecule has 4 aromatic rings. The van der Waals surface area contributed by atoms with Crippen molar-refractivity contribution in [1.82, 2.24) is 0 Å². The first kappa shape index (κ1) is 33.4. The Morgan fingerprint density at radius 2 is 0.833 bits per heavy atom. The Labute approximate surface area is 313 Å². The van der Waals surface area contributed by atoms with Crippen LogP contribution in [0.4, 0.5) is 11.4 Å². The molecule has 0 radical (unpaired) electrons. The molecule has 8 saturated carbocycles. The van der Waals surface area contributed by atoms with Gasteiger partial charge >= 0.3 is 11.4 Å². The van der Waals surface area contributed by atoms with Gasteiger partial charge in [0, 0.05) is 35.4 Å². The Morgan fingerprint density at radius 3 is 1.13 bits per heavy atom. The molecule has 8 fully saturated rings. The monoisotopic (exact) mass is 728 g/mol. The van der Waals surface area contributed by atoms with Crippen LogP contribution in [0.3, 0.4) is 0 Å². The number of nitro benzene ring substituents is 2. The van der Waals surface area contributed by atoms with Crippen molar-refractivity contribution in [2.75, 3.05) is 0 Å². The largest absolute Gasteiger partial charge is 0.502 e. The molecule has 2 N–H and O–H groups in total. The summed E-state index contributed by atoms with van der Waals surface area (Å²) in [6, 6.07) is 21.0. The van der Waals surface area contributed by atoms with E-state index in [9.17, 15) is 30.4 Å². The van der Waals surface area contributed by atoms with Gasteiger partial charge in [-0.1, -0.05) is 12.1 Å². The first-order chi connectivity index (χ1) is 26.0. The van der Waals surface area contributed by atoms with E-state index in [1.54, 1.807) is 0 Å². The van der Waals surface area contributed by atoms with Crippen molar-refractivity contribution in [3.05, 3.63) is 104 Å². The van der Waals surface area contributed by atoms with Gasteiger partial charge in [0.15, 0.2) is 11.5 Å². The number of aromatic hydroxyl groups is 2. The van der Waals surface area contributed by atoms with E-state index in [4.69, 9.17) is 9.47 Å². The molecule has 0 saturated heterocycles. The van der Waals surface area contributed by atoms with Crippen LogP contribution in [0.25, 0.3) is 11.1 Å². The third kappa shape index (κ3) is 5.59. The SMILES string of the molecule is O=[N+]([O-])c1ccc(Oc2ccc(C34CC5CC(CC(C5)C3)C4)cc2-c2cc(C34CC5CC(CC(C5)C3)C4)ccc2Oc2ccc([N+](=O)[O-])c(O)c2)cc1O. The van der Waals surface area contributed by atoms with Gasteiger partial charge in [0.25, 0.3) is 0 Å². The maximum atomic E-state index is 11.5. The van der Waals surface area contributed by atoms with Crippen molar-refractivity contribution in [3.63, 3.8) is 0 Å². The fourth-order valence-electron chi connectivity index (χ4n) is 12.9. The summed E-state index contributed by atoms with van der Waals surface area (Å²) in [7, 11) is 0. The maximum absolute atomic E-state index is 11.5. The summed E-state index contributed by atoms with van der Waals surface area (Å²) in [5.41, 5.74) is 3.56. The van der Waals surface area contributed by atoms with Gasteiger partial charge in [-0.05, 0) is 171 Å². The van der Waals surface area contributed by atoms with E-state index in [0.29, 0.717) is 11.5 Å². The highest BCUT2D eigenvalue weighted by Crippen LogP contribution is 2.63. The van der Waals surface area contributed by atoms with Crippen molar-refractivity contribution in [2.24, 2.45) is 35.5 Å². The molecular formula is C44H44N2O8. The third-order valence-electron chi connectivity index (χ3n) is 14.3. The Hall–Kier alpha value is -5.12. The predicted octanol–water partition coefficient (Wildman–Crippen LogP) is 11.1. The number of phenolic OH excluding ortho intramolecular Hbond substituents is 2. The van der Waals surface area contributed by atoms with Crippen molar-refractivity contribution < 1.29 is 29.5 Å². The van der Waals surface area contributed by atoms with E-state index < -0.39 is 32.7 Å². The van der Waals surface area contributed by atoms with Gasteiger partial charge in [0.2, 0.25) is 0 Å². The van der Waals surface area contributed by atoms with Crippen molar-refractivity contribution in [3.8, 4) is 45.6 Å². The molecule has 0 unspecified atom stereocenters. The lowest BCUT2D eigenvalue weighted by Crippen LogP contribution is -2.48. The fourth-order valence-corrected chi connectivity index (χ4v) is 12.9. The Bertz CT molecular complexity index is 1990. The van der Waals surface area contributed by atoms with E-state index in [1.165, 1.54) is 125 Å². The molecule has 0 heterocycles. The molecule has 0 amide bonds. The normalized spacial score (nSPS) is 31.4. The van der Waals surface area contributed by atoms with Gasteiger partial charge in [0.05, 0.1) is 9.85 Å². The van der Waals surface area contributed by atoms with Gasteiger partial charge in [0.1, 0.15) is 23.0 Å². The lowest BCUT2D eigenvalue weighted by molar-refractivity contribution is -0.386. The van der Waals surface area contributed by atoms with E-state index in [1.807, 2.05) is 12.1 Å². The first-order valence-corrected chi connectivity index (χ1v) is 19.6. The minimum absolute atomic E-state index is 0.0797. The van der Waals surface area contributed by atoms with E-state index in [-0.39, 0.29) is 22.3 Å². The lowest BCUT2D eigenvalue weighted by Gasteiger charge is -2.57. The van der Waals surface area contributed by atoms with Crippen LogP contribution in [0.5, 0.6) is 34.5 Å². The zero-order valence-electron chi connectivity index (χ0n) is 30.1. The molecule has 0 atom stereocenters. The molecule has 54 heavy (non-hydrogen) atoms. The predicted molar refractivity (Wildman–Crippen MR) is 201 cm³/mol. The summed E-state index contributed by atoms with van der Waals surface area (Å²) < 4.78 is 13.1. The highest BCUT2D eigenvalue weighted by atomic mass is 16.6. The molecule has 0 aromatic heterocycles. The number of ether oxygens (including phenoxy) is 2. The molecule has 10 nitrogen and oxygen atoms in total. The third-order valence-corrected chi connectivity index (χ3v) is 14.3. The number of nitro groups is 2. The summed E-state index contributed by atoms with van der Waals surface area (Å²) in [5, 5.41) is 44.1. The van der Waals surface area contributed by atoms with Crippen molar-refractivity contribution >= 4 is 11.4 Å². The Kier molecular flexibility index (Phi) is 7.56. The quantitative estimate of drug-likeness (QED) is 0.128. The molecule has 8 aliphatic rings. The summed E-state index contributed by atoms with van der Waals surface area (Å²) in [6.45, 7) is 0. The number of hydrogen-bond donors (Lipinski definition) is 2. The molecule has 0 spiro atoms. The summed E-state index contributed by atoms with van der Waals surface area (Å²) in [4.78, 5) is 21.7. The highest BCUT2D eigenvalue weighted by Gasteiger charge is 2.53. The topological polar surface area (TPSA) is 145 Å². The average molecular weight is 729 g/mol. The standard InChI is InChI=1S/C44H44N2O8/c47-39-17-33(3-5-37(39)45(49)50)53-41-7-1-31(43-19-25-9-26(20-43)11-27(10-25)21-43)15-35(41)36-16-32(44-22-28-12-29(23-44)14-30(13-28)24-44)2-8-42(36)54-34-4-6-38(46(51)52)40(48)18-34/h1-8,15-18,25-30,47-48H,9-14,19-24H2. The number of benzene rings is 4. The number of phenols is 2. The van der Waals surface area contributed by atoms with Crippen LogP contribution in [0.15, 0.2) is 72.8 Å². The molecule has 12 rings (SSSR count). The molecule has 10 heteroatoms. The Balaban J connectivity index is 1.13. The van der Waals surface area contributed by atoms with Crippen molar-refractivity contribution in [1.29, 1.82) is 0 Å². The zero-order chi connectivity index (χ0) is 36.9. The highest BCUT2D eigenvalue weighted by molar-refractivity contribution is 5.79. The van der Waals surface area contributed by atoms with Gasteiger partial charge in [-0.3, -0.25) is 20.2 Å². The van der Waals surface area contributed by atoms with Crippen LogP contribution in [-0.4, -0.2) is 20.1 Å². The summed E-state index contributed by atoms with van der Waals surface area (Å²) in [6.07, 6.45) is 15.0. The van der Waals surface area contributed by atoms with Gasteiger partial charge < -0.3 is 19.7 Å². The average Bonchev–Trinajstić information content (AvgIpc) is 3.10. The molecule has 0 aliphatic heterocycles. The smallest absolute Gasteiger partial charge is 0.310 e. The van der Waals surface area contributed by atoms with Crippen LogP contribution in [-0.2, 0) is 10.8 Å². The molecule has 8 aliphatic carbocycles. The summed E-state index contributed by atoms with van der Waals surface area (Å²) in [5.74, 6) is 5.08. The molecule has 4 aromatic carbocycles. The van der Waals surface area contributed by atoms with Gasteiger partial charge in [-0.25, -0.2) is 0 Å². The van der Waals surface area contributed by atoms with Crippen LogP contribution in [0.1, 0.15) is 88.2 Å². The van der Waals surface area contributed by atoms with E-state index >= 15 is 0 Å². The van der Waals surface area contributed by atoms with Gasteiger partial charge in [-0.2, -0.15) is 0 Å². The lowest BCUT2D eigenvalue weighted by atomic mass is 9.48. The molecule has 278 valence electrons. The van der Waals surface area contributed by atoms with Crippen LogP contribution >= 0.6 is 0 Å². The number of rotatable bonds is 9. The van der Waals surface area contributed by atoms with Crippen LogP contribution in [0, 0.1) is 55.7 Å². The second kappa shape index (κ2) is 12.2. The molecular weight excluding hydrogens is 684 g/mol. The molecule has 8 bridgehead atoms. The van der Waals surface area contributed by atoms with E-state index in [0.717, 1.165) is 46.6 Å². The van der Waals surface area contributed by atoms with E-state index in [2.05, 4.69) is 24.3 Å². The number of nitrogens with zero attached hydrogens (tertiary/aromatic N) is 2. The minimum Gasteiger partial charge on any atom is -0.502 e. The van der Waals surface area contributed by atoms with Crippen LogP contribution < -0.4 is 9.47 Å². The minimum atomic E-state index is -0.625. The van der Waals surface area contributed by atoms with Gasteiger partial charge in [-0.15, -0.1) is 0 Å². The fraction of sp³-hybridized carbons (Fsp3) is 0.455.